The van der Waals surface area contributed by atoms with Gasteiger partial charge in [-0.05, 0) is 24.1 Å². The van der Waals surface area contributed by atoms with Crippen LogP contribution in [0.2, 0.25) is 0 Å². The van der Waals surface area contributed by atoms with E-state index in [0.29, 0.717) is 0 Å². The van der Waals surface area contributed by atoms with Crippen molar-refractivity contribution >= 4 is 0 Å². The number of hydrogen-bond acceptors (Lipinski definition) is 0. The van der Waals surface area contributed by atoms with Crippen molar-refractivity contribution in [1.82, 2.24) is 0 Å². The minimum absolute atomic E-state index is 1.09. The Morgan fingerprint density at radius 1 is 1.22 bits per heavy atom. The average molecular weight is 119 g/mol. The van der Waals surface area contributed by atoms with Crippen LogP contribution in [0.3, 0.4) is 0 Å². The summed E-state index contributed by atoms with van der Waals surface area (Å²) in [6.07, 6.45) is 1.11. The zero-order valence-corrected chi connectivity index (χ0v) is 5.72. The lowest BCUT2D eigenvalue weighted by Gasteiger charge is -1.88. The SMILES string of the molecule is [CH2+]c1ccc(CC)cc1. The molecule has 0 bridgehead atoms. The molecule has 0 N–H and O–H groups in total. The van der Waals surface area contributed by atoms with Gasteiger partial charge >= 0.3 is 0 Å². The molecule has 0 heterocycles. The van der Waals surface area contributed by atoms with Gasteiger partial charge in [0.15, 0.2) is 0 Å². The molecule has 1 aromatic carbocycles. The smallest absolute Gasteiger partial charge is 0.0612 e. The normalized spacial score (nSPS) is 9.44. The van der Waals surface area contributed by atoms with E-state index >= 15 is 0 Å². The molecule has 0 amide bonds. The number of hydrogen-bond donors (Lipinski definition) is 0. The van der Waals surface area contributed by atoms with Gasteiger partial charge in [-0.25, -0.2) is 0 Å². The van der Waals surface area contributed by atoms with Crippen LogP contribution in [0.25, 0.3) is 0 Å². The highest BCUT2D eigenvalue weighted by atomic mass is 13.9. The van der Waals surface area contributed by atoms with Gasteiger partial charge in [-0.1, -0.05) is 6.92 Å². The van der Waals surface area contributed by atoms with E-state index in [1.165, 1.54) is 5.56 Å². The Labute approximate surface area is 56.5 Å². The molecule has 9 heavy (non-hydrogen) atoms. The highest BCUT2D eigenvalue weighted by molar-refractivity contribution is 5.23. The minimum atomic E-state index is 1.09. The predicted molar refractivity (Wildman–Crippen MR) is 40.3 cm³/mol. The van der Waals surface area contributed by atoms with Crippen LogP contribution in [-0.4, -0.2) is 0 Å². The zero-order chi connectivity index (χ0) is 6.69. The fourth-order valence-corrected chi connectivity index (χ4v) is 0.775. The van der Waals surface area contributed by atoms with Gasteiger partial charge in [0.25, 0.3) is 0 Å². The predicted octanol–water partition coefficient (Wildman–Crippen LogP) is 2.43. The highest BCUT2D eigenvalue weighted by Crippen LogP contribution is 2.02. The Balaban J connectivity index is 2.88. The molecule has 0 atom stereocenters. The van der Waals surface area contributed by atoms with Gasteiger partial charge in [0.2, 0.25) is 0 Å². The Kier molecular flexibility index (Phi) is 1.78. The molecule has 0 aliphatic heterocycles. The molecule has 46 valence electrons. The summed E-state index contributed by atoms with van der Waals surface area (Å²) < 4.78 is 0. The largest absolute Gasteiger partial charge is 0.126 e. The van der Waals surface area contributed by atoms with Crippen LogP contribution < -0.4 is 0 Å². The lowest BCUT2D eigenvalue weighted by molar-refractivity contribution is 1.14. The van der Waals surface area contributed by atoms with E-state index in [0.717, 1.165) is 12.0 Å². The van der Waals surface area contributed by atoms with Gasteiger partial charge in [-0.2, -0.15) is 0 Å². The maximum Gasteiger partial charge on any atom is 0.126 e. The van der Waals surface area contributed by atoms with Gasteiger partial charge in [0.1, 0.15) is 5.56 Å². The van der Waals surface area contributed by atoms with Crippen LogP contribution in [0, 0.1) is 6.92 Å². The number of rotatable bonds is 1. The molecule has 0 aromatic heterocycles. The van der Waals surface area contributed by atoms with Crippen LogP contribution in [0.15, 0.2) is 24.3 Å². The van der Waals surface area contributed by atoms with E-state index in [-0.39, 0.29) is 0 Å². The summed E-state index contributed by atoms with van der Waals surface area (Å²) in [6, 6.07) is 8.31. The van der Waals surface area contributed by atoms with Crippen molar-refractivity contribution in [3.05, 3.63) is 42.3 Å². The standard InChI is InChI=1S/C9H11/c1-3-9-6-4-8(2)5-7-9/h4-7H,2-3H2,1H3/q+1. The lowest BCUT2D eigenvalue weighted by Crippen LogP contribution is -1.77. The van der Waals surface area contributed by atoms with Gasteiger partial charge < -0.3 is 0 Å². The second kappa shape index (κ2) is 2.58. The van der Waals surface area contributed by atoms with Gasteiger partial charge in [-0.15, -0.1) is 0 Å². The monoisotopic (exact) mass is 119 g/mol. The quantitative estimate of drug-likeness (QED) is 0.498. The molecule has 0 aliphatic carbocycles. The van der Waals surface area contributed by atoms with Crippen molar-refractivity contribution in [3.8, 4) is 0 Å². The zero-order valence-electron chi connectivity index (χ0n) is 5.72. The van der Waals surface area contributed by atoms with Crippen LogP contribution in [0.1, 0.15) is 18.1 Å². The Hall–Kier alpha value is -0.910. The molecule has 0 saturated heterocycles. The molecule has 1 rings (SSSR count). The number of aryl methyl sites for hydroxylation is 1. The lowest BCUT2D eigenvalue weighted by atomic mass is 10.1. The van der Waals surface area contributed by atoms with E-state index in [9.17, 15) is 0 Å². The first-order valence-corrected chi connectivity index (χ1v) is 3.24. The first-order valence-electron chi connectivity index (χ1n) is 3.24. The topological polar surface area (TPSA) is 0 Å². The van der Waals surface area contributed by atoms with Crippen molar-refractivity contribution in [2.75, 3.05) is 0 Å². The van der Waals surface area contributed by atoms with Crippen LogP contribution in [0.4, 0.5) is 0 Å². The summed E-state index contributed by atoms with van der Waals surface area (Å²) in [5, 5.41) is 0. The molecule has 0 fully saturated rings. The molecular formula is C9H11+. The molecule has 0 spiro atoms. The first kappa shape index (κ1) is 6.21. The van der Waals surface area contributed by atoms with Crippen molar-refractivity contribution in [1.29, 1.82) is 0 Å². The summed E-state index contributed by atoms with van der Waals surface area (Å²) in [5.41, 5.74) is 2.47. The van der Waals surface area contributed by atoms with Crippen molar-refractivity contribution in [3.63, 3.8) is 0 Å². The maximum absolute atomic E-state index is 3.80. The third-order valence-corrected chi connectivity index (χ3v) is 1.43. The summed E-state index contributed by atoms with van der Waals surface area (Å²) in [7, 11) is 0. The molecule has 0 nitrogen and oxygen atoms in total. The summed E-state index contributed by atoms with van der Waals surface area (Å²) in [6.45, 7) is 5.95. The van der Waals surface area contributed by atoms with Crippen molar-refractivity contribution in [2.45, 2.75) is 13.3 Å². The Morgan fingerprint density at radius 2 is 1.78 bits per heavy atom. The maximum atomic E-state index is 3.80. The van der Waals surface area contributed by atoms with Crippen LogP contribution in [-0.2, 0) is 6.42 Å². The van der Waals surface area contributed by atoms with E-state index in [1.54, 1.807) is 0 Å². The van der Waals surface area contributed by atoms with E-state index in [1.807, 2.05) is 12.1 Å². The summed E-state index contributed by atoms with van der Waals surface area (Å²) in [5.74, 6) is 0. The number of benzene rings is 1. The van der Waals surface area contributed by atoms with Crippen LogP contribution in [0.5, 0.6) is 0 Å². The molecule has 0 heteroatoms. The molecule has 0 aliphatic rings. The Bertz CT molecular complexity index is 172. The molecular weight excluding hydrogens is 108 g/mol. The summed E-state index contributed by atoms with van der Waals surface area (Å²) >= 11 is 0. The minimum Gasteiger partial charge on any atom is -0.0612 e. The van der Waals surface area contributed by atoms with Crippen LogP contribution >= 0.6 is 0 Å². The van der Waals surface area contributed by atoms with Gasteiger partial charge in [0, 0.05) is 19.1 Å². The third kappa shape index (κ3) is 1.49. The summed E-state index contributed by atoms with van der Waals surface area (Å²) in [4.78, 5) is 0. The first-order chi connectivity index (χ1) is 4.33. The fraction of sp³-hybridized carbons (Fsp3) is 0.222. The second-order valence-electron chi connectivity index (χ2n) is 2.17. The molecule has 1 aromatic rings. The third-order valence-electron chi connectivity index (χ3n) is 1.43. The fourth-order valence-electron chi connectivity index (χ4n) is 0.775. The highest BCUT2D eigenvalue weighted by Gasteiger charge is 1.92. The van der Waals surface area contributed by atoms with Gasteiger partial charge in [0.05, 0.1) is 0 Å². The van der Waals surface area contributed by atoms with Gasteiger partial charge in [-0.3, -0.25) is 0 Å². The van der Waals surface area contributed by atoms with E-state index in [2.05, 4.69) is 26.0 Å². The average Bonchev–Trinajstić information content (AvgIpc) is 1.90. The van der Waals surface area contributed by atoms with E-state index < -0.39 is 0 Å². The van der Waals surface area contributed by atoms with Crippen molar-refractivity contribution < 1.29 is 0 Å². The van der Waals surface area contributed by atoms with E-state index in [4.69, 9.17) is 0 Å². The molecule has 0 radical (unpaired) electrons. The Morgan fingerprint density at radius 3 is 2.22 bits per heavy atom. The molecule has 0 saturated carbocycles. The van der Waals surface area contributed by atoms with Crippen molar-refractivity contribution in [2.24, 2.45) is 0 Å². The molecule has 0 unspecified atom stereocenters. The second-order valence-corrected chi connectivity index (χ2v) is 2.17.